The van der Waals surface area contributed by atoms with E-state index in [1.807, 2.05) is 0 Å². The van der Waals surface area contributed by atoms with E-state index in [1.165, 1.54) is 30.3 Å². The van der Waals surface area contributed by atoms with Crippen molar-refractivity contribution in [1.29, 1.82) is 0 Å². The number of para-hydroxylation sites is 2. The van der Waals surface area contributed by atoms with Gasteiger partial charge in [0.2, 0.25) is 0 Å². The Labute approximate surface area is 153 Å². The lowest BCUT2D eigenvalue weighted by molar-refractivity contribution is -0.142. The number of esters is 1. The number of alkyl halides is 2. The summed E-state index contributed by atoms with van der Waals surface area (Å²) in [5.41, 5.74) is 0.777. The third-order valence-corrected chi connectivity index (χ3v) is 3.26. The zero-order valence-electron chi connectivity index (χ0n) is 13.3. The van der Waals surface area contributed by atoms with E-state index in [2.05, 4.69) is 10.1 Å². The molecule has 0 bridgehead atoms. The predicted octanol–water partition coefficient (Wildman–Crippen LogP) is 4.14. The van der Waals surface area contributed by atoms with Crippen molar-refractivity contribution in [2.24, 2.45) is 0 Å². The summed E-state index contributed by atoms with van der Waals surface area (Å²) in [7, 11) is 0. The molecule has 2 aromatic rings. The summed E-state index contributed by atoms with van der Waals surface area (Å²) < 4.78 is 33.7. The number of rotatable bonds is 7. The molecule has 0 aromatic heterocycles. The fraction of sp³-hybridized carbons (Fsp3) is 0.111. The summed E-state index contributed by atoms with van der Waals surface area (Å²) in [6.07, 6.45) is 2.66. The summed E-state index contributed by atoms with van der Waals surface area (Å²) in [4.78, 5) is 23.4. The molecule has 0 fully saturated rings. The number of nitrogens with one attached hydrogen (secondary N) is 1. The lowest BCUT2D eigenvalue weighted by atomic mass is 10.2. The maximum absolute atomic E-state index is 12.3. The summed E-state index contributed by atoms with van der Waals surface area (Å²) in [6.45, 7) is -3.60. The normalized spacial score (nSPS) is 10.8. The summed E-state index contributed by atoms with van der Waals surface area (Å²) in [5, 5.41) is 2.91. The lowest BCUT2D eigenvalue weighted by Crippen LogP contribution is -2.20. The highest BCUT2D eigenvalue weighted by Crippen LogP contribution is 2.25. The van der Waals surface area contributed by atoms with Gasteiger partial charge < -0.3 is 14.8 Å². The number of carbonyl (C=O) groups is 2. The van der Waals surface area contributed by atoms with Crippen molar-refractivity contribution in [3.63, 3.8) is 0 Å². The van der Waals surface area contributed by atoms with E-state index in [1.54, 1.807) is 24.3 Å². The van der Waals surface area contributed by atoms with Crippen molar-refractivity contribution in [2.75, 3.05) is 11.9 Å². The van der Waals surface area contributed by atoms with Crippen molar-refractivity contribution in [3.8, 4) is 5.75 Å². The van der Waals surface area contributed by atoms with Gasteiger partial charge in [-0.1, -0.05) is 35.9 Å². The monoisotopic (exact) mass is 381 g/mol. The largest absolute Gasteiger partial charge is 0.452 e. The minimum atomic E-state index is -3.02. The van der Waals surface area contributed by atoms with Crippen LogP contribution in [0.4, 0.5) is 14.5 Å². The predicted molar refractivity (Wildman–Crippen MR) is 93.1 cm³/mol. The van der Waals surface area contributed by atoms with E-state index in [0.29, 0.717) is 5.02 Å². The van der Waals surface area contributed by atoms with Crippen LogP contribution in [0.5, 0.6) is 5.75 Å². The van der Waals surface area contributed by atoms with Crippen LogP contribution in [0.25, 0.3) is 6.08 Å². The topological polar surface area (TPSA) is 64.6 Å². The van der Waals surface area contributed by atoms with Crippen molar-refractivity contribution in [3.05, 3.63) is 65.2 Å². The van der Waals surface area contributed by atoms with Gasteiger partial charge >= 0.3 is 12.6 Å². The van der Waals surface area contributed by atoms with Gasteiger partial charge in [0.15, 0.2) is 6.61 Å². The summed E-state index contributed by atoms with van der Waals surface area (Å²) in [6, 6.07) is 12.4. The molecule has 0 aliphatic heterocycles. The van der Waals surface area contributed by atoms with Crippen molar-refractivity contribution >= 4 is 35.2 Å². The maximum atomic E-state index is 12.3. The Morgan fingerprint density at radius 2 is 1.81 bits per heavy atom. The molecule has 1 amide bonds. The molecule has 1 N–H and O–H groups in total. The van der Waals surface area contributed by atoms with Gasteiger partial charge in [-0.15, -0.1) is 0 Å². The second-order valence-electron chi connectivity index (χ2n) is 4.92. The van der Waals surface area contributed by atoms with Crippen LogP contribution in [0, 0.1) is 0 Å². The number of anilines is 1. The SMILES string of the molecule is O=C(COC(=O)C=Cc1ccc(Cl)cc1)Nc1ccccc1OC(F)F. The third kappa shape index (κ3) is 6.52. The molecule has 0 unspecified atom stereocenters. The zero-order chi connectivity index (χ0) is 18.9. The second-order valence-corrected chi connectivity index (χ2v) is 5.35. The Morgan fingerprint density at radius 3 is 2.50 bits per heavy atom. The van der Waals surface area contributed by atoms with Gasteiger partial charge in [0.05, 0.1) is 5.69 Å². The van der Waals surface area contributed by atoms with Gasteiger partial charge in [0.25, 0.3) is 5.91 Å². The van der Waals surface area contributed by atoms with Crippen molar-refractivity contribution in [2.45, 2.75) is 6.61 Å². The van der Waals surface area contributed by atoms with Crippen LogP contribution in [0.1, 0.15) is 5.56 Å². The average molecular weight is 382 g/mol. The molecule has 5 nitrogen and oxygen atoms in total. The molecule has 26 heavy (non-hydrogen) atoms. The van der Waals surface area contributed by atoms with E-state index < -0.39 is 25.1 Å². The van der Waals surface area contributed by atoms with Crippen molar-refractivity contribution in [1.82, 2.24) is 0 Å². The molecular formula is C18H14ClF2NO4. The molecule has 0 aliphatic carbocycles. The molecule has 8 heteroatoms. The Balaban J connectivity index is 1.85. The highest BCUT2D eigenvalue weighted by Gasteiger charge is 2.12. The van der Waals surface area contributed by atoms with Crippen LogP contribution in [0.15, 0.2) is 54.6 Å². The van der Waals surface area contributed by atoms with Gasteiger partial charge in [0, 0.05) is 11.1 Å². The molecule has 0 spiro atoms. The van der Waals surface area contributed by atoms with Crippen LogP contribution in [0.2, 0.25) is 5.02 Å². The molecule has 0 saturated carbocycles. The molecule has 136 valence electrons. The van der Waals surface area contributed by atoms with Crippen LogP contribution in [-0.2, 0) is 14.3 Å². The number of amides is 1. The first-order valence-corrected chi connectivity index (χ1v) is 7.76. The number of ether oxygens (including phenoxy) is 2. The maximum Gasteiger partial charge on any atom is 0.387 e. The molecule has 0 radical (unpaired) electrons. The van der Waals surface area contributed by atoms with E-state index in [9.17, 15) is 18.4 Å². The fourth-order valence-corrected chi connectivity index (χ4v) is 2.00. The second kappa shape index (κ2) is 9.53. The zero-order valence-corrected chi connectivity index (χ0v) is 14.1. The molecule has 2 aromatic carbocycles. The molecule has 2 rings (SSSR count). The van der Waals surface area contributed by atoms with Crippen molar-refractivity contribution < 1.29 is 27.8 Å². The summed E-state index contributed by atoms with van der Waals surface area (Å²) in [5.74, 6) is -1.61. The Morgan fingerprint density at radius 1 is 1.12 bits per heavy atom. The number of carbonyl (C=O) groups excluding carboxylic acids is 2. The van der Waals surface area contributed by atoms with Gasteiger partial charge in [-0.25, -0.2) is 4.79 Å². The van der Waals surface area contributed by atoms with Gasteiger partial charge in [-0.2, -0.15) is 8.78 Å². The van der Waals surface area contributed by atoms with Gasteiger partial charge in [-0.3, -0.25) is 4.79 Å². The van der Waals surface area contributed by atoms with Crippen LogP contribution in [-0.4, -0.2) is 25.1 Å². The standard InChI is InChI=1S/C18H14ClF2NO4/c19-13-8-5-12(6-9-13)7-10-17(24)25-11-16(23)22-14-3-1-2-4-15(14)26-18(20)21/h1-10,18H,11H2,(H,22,23). The minimum absolute atomic E-state index is 0.0468. The summed E-state index contributed by atoms with van der Waals surface area (Å²) >= 11 is 5.75. The molecular weight excluding hydrogens is 368 g/mol. The van der Waals surface area contributed by atoms with E-state index in [0.717, 1.165) is 11.6 Å². The number of hydrogen-bond donors (Lipinski definition) is 1. The average Bonchev–Trinajstić information content (AvgIpc) is 2.61. The molecule has 0 aliphatic rings. The fourth-order valence-electron chi connectivity index (χ4n) is 1.88. The van der Waals surface area contributed by atoms with E-state index in [-0.39, 0.29) is 11.4 Å². The van der Waals surface area contributed by atoms with Crippen LogP contribution in [0.3, 0.4) is 0 Å². The quantitative estimate of drug-likeness (QED) is 0.578. The first kappa shape index (κ1) is 19.4. The molecule has 0 heterocycles. The number of benzene rings is 2. The Bertz CT molecular complexity index is 794. The van der Waals surface area contributed by atoms with Crippen LogP contribution < -0.4 is 10.1 Å². The van der Waals surface area contributed by atoms with E-state index in [4.69, 9.17) is 16.3 Å². The third-order valence-electron chi connectivity index (χ3n) is 3.00. The number of halogens is 3. The number of hydrogen-bond acceptors (Lipinski definition) is 4. The smallest absolute Gasteiger partial charge is 0.387 e. The van der Waals surface area contributed by atoms with Gasteiger partial charge in [-0.05, 0) is 35.9 Å². The molecule has 0 saturated heterocycles. The minimum Gasteiger partial charge on any atom is -0.452 e. The van der Waals surface area contributed by atoms with E-state index >= 15 is 0 Å². The Hall–Kier alpha value is -2.93. The first-order valence-electron chi connectivity index (χ1n) is 7.38. The lowest BCUT2D eigenvalue weighted by Gasteiger charge is -2.11. The van der Waals surface area contributed by atoms with Crippen LogP contribution >= 0.6 is 11.6 Å². The molecule has 0 atom stereocenters. The first-order chi connectivity index (χ1) is 12.4. The highest BCUT2D eigenvalue weighted by molar-refractivity contribution is 6.30. The Kier molecular flexibility index (Phi) is 7.11. The van der Waals surface area contributed by atoms with Gasteiger partial charge in [0.1, 0.15) is 5.75 Å². The highest BCUT2D eigenvalue weighted by atomic mass is 35.5.